The summed E-state index contributed by atoms with van der Waals surface area (Å²) in [6.07, 6.45) is 0.238. The summed E-state index contributed by atoms with van der Waals surface area (Å²) >= 11 is 0. The van der Waals surface area contributed by atoms with Gasteiger partial charge in [0.05, 0.1) is 13.2 Å². The number of nitrogen functional groups attached to an aromatic ring is 1. The van der Waals surface area contributed by atoms with E-state index < -0.39 is 11.2 Å². The van der Waals surface area contributed by atoms with Crippen LogP contribution in [-0.2, 0) is 16.6 Å². The third kappa shape index (κ3) is 3.43. The van der Waals surface area contributed by atoms with Crippen molar-refractivity contribution in [2.24, 2.45) is 7.05 Å². The predicted octanol–water partition coefficient (Wildman–Crippen LogP) is -1.68. The highest BCUT2D eigenvalue weighted by atomic mass is 16.5. The van der Waals surface area contributed by atoms with Crippen LogP contribution >= 0.6 is 0 Å². The van der Waals surface area contributed by atoms with Gasteiger partial charge in [-0.2, -0.15) is 0 Å². The highest BCUT2D eigenvalue weighted by Gasteiger charge is 2.16. The van der Waals surface area contributed by atoms with E-state index >= 15 is 0 Å². The van der Waals surface area contributed by atoms with Gasteiger partial charge in [0, 0.05) is 33.1 Å². The molecule has 1 fully saturated rings. The van der Waals surface area contributed by atoms with E-state index in [0.29, 0.717) is 26.3 Å². The summed E-state index contributed by atoms with van der Waals surface area (Å²) in [5, 5.41) is 2.81. The number of aromatic nitrogens is 2. The van der Waals surface area contributed by atoms with Crippen molar-refractivity contribution in [3.63, 3.8) is 0 Å². The van der Waals surface area contributed by atoms with E-state index in [-0.39, 0.29) is 30.4 Å². The number of rotatable bonds is 4. The monoisotopic (exact) mass is 297 g/mol. The standard InChI is InChI=1S/C12H19N5O4/c1-16-10(13)9(11(19)15-12(16)20)14-3-2-8(18)17-4-6-21-7-5-17/h14H,2-7,13H2,1H3,(H,15,19,20). The Morgan fingerprint density at radius 2 is 2.05 bits per heavy atom. The van der Waals surface area contributed by atoms with Crippen molar-refractivity contribution in [3.05, 3.63) is 20.8 Å². The van der Waals surface area contributed by atoms with Crippen LogP contribution in [0.4, 0.5) is 11.5 Å². The summed E-state index contributed by atoms with van der Waals surface area (Å²) in [5.41, 5.74) is 4.65. The second-order valence-electron chi connectivity index (χ2n) is 4.75. The smallest absolute Gasteiger partial charge is 0.329 e. The molecule has 1 saturated heterocycles. The maximum absolute atomic E-state index is 11.9. The van der Waals surface area contributed by atoms with Gasteiger partial charge in [-0.25, -0.2) is 4.79 Å². The van der Waals surface area contributed by atoms with Crippen molar-refractivity contribution >= 4 is 17.4 Å². The Bertz CT molecular complexity index is 630. The first-order chi connectivity index (χ1) is 10.0. The van der Waals surface area contributed by atoms with Gasteiger partial charge in [-0.15, -0.1) is 0 Å². The second kappa shape index (κ2) is 6.44. The number of nitrogens with two attached hydrogens (primary N) is 1. The third-order valence-corrected chi connectivity index (χ3v) is 3.37. The Hall–Kier alpha value is -2.29. The van der Waals surface area contributed by atoms with Crippen molar-refractivity contribution in [2.45, 2.75) is 6.42 Å². The lowest BCUT2D eigenvalue weighted by atomic mass is 10.3. The Kier molecular flexibility index (Phi) is 4.63. The molecule has 21 heavy (non-hydrogen) atoms. The van der Waals surface area contributed by atoms with E-state index in [0.717, 1.165) is 4.57 Å². The molecule has 2 heterocycles. The summed E-state index contributed by atoms with van der Waals surface area (Å²) in [4.78, 5) is 38.8. The lowest BCUT2D eigenvalue weighted by Crippen LogP contribution is -2.41. The fourth-order valence-corrected chi connectivity index (χ4v) is 2.07. The van der Waals surface area contributed by atoms with Crippen LogP contribution in [0.25, 0.3) is 0 Å². The number of anilines is 2. The molecule has 0 radical (unpaired) electrons. The molecule has 0 atom stereocenters. The number of H-pyrrole nitrogens is 1. The number of nitrogens with one attached hydrogen (secondary N) is 2. The minimum Gasteiger partial charge on any atom is -0.383 e. The molecule has 0 unspecified atom stereocenters. The van der Waals surface area contributed by atoms with Crippen LogP contribution in [0.3, 0.4) is 0 Å². The predicted molar refractivity (Wildman–Crippen MR) is 77.2 cm³/mol. The fraction of sp³-hybridized carbons (Fsp3) is 0.583. The molecule has 1 aromatic heterocycles. The molecule has 0 aromatic carbocycles. The zero-order chi connectivity index (χ0) is 15.4. The van der Waals surface area contributed by atoms with E-state index in [9.17, 15) is 14.4 Å². The van der Waals surface area contributed by atoms with Crippen LogP contribution in [0.2, 0.25) is 0 Å². The first-order valence-corrected chi connectivity index (χ1v) is 6.69. The first-order valence-electron chi connectivity index (χ1n) is 6.69. The van der Waals surface area contributed by atoms with Gasteiger partial charge in [0.25, 0.3) is 5.56 Å². The summed E-state index contributed by atoms with van der Waals surface area (Å²) in [6, 6.07) is 0. The highest BCUT2D eigenvalue weighted by molar-refractivity contribution is 5.77. The highest BCUT2D eigenvalue weighted by Crippen LogP contribution is 2.08. The maximum Gasteiger partial charge on any atom is 0.329 e. The van der Waals surface area contributed by atoms with Gasteiger partial charge in [0.1, 0.15) is 11.5 Å². The average Bonchev–Trinajstić information content (AvgIpc) is 2.49. The van der Waals surface area contributed by atoms with E-state index in [1.807, 2.05) is 0 Å². The molecule has 0 spiro atoms. The number of carbonyl (C=O) groups is 1. The van der Waals surface area contributed by atoms with Gasteiger partial charge in [0.15, 0.2) is 0 Å². The molecule has 1 amide bonds. The van der Waals surface area contributed by atoms with E-state index in [4.69, 9.17) is 10.5 Å². The third-order valence-electron chi connectivity index (χ3n) is 3.37. The zero-order valence-corrected chi connectivity index (χ0v) is 11.8. The van der Waals surface area contributed by atoms with Crippen LogP contribution in [0, 0.1) is 0 Å². The molecule has 2 rings (SSSR count). The topological polar surface area (TPSA) is 122 Å². The van der Waals surface area contributed by atoms with Crippen molar-refractivity contribution < 1.29 is 9.53 Å². The molecule has 9 nitrogen and oxygen atoms in total. The molecule has 1 aliphatic rings. The van der Waals surface area contributed by atoms with Crippen molar-refractivity contribution in [1.82, 2.24) is 14.5 Å². The number of aromatic amines is 1. The average molecular weight is 297 g/mol. The Labute approximate surface area is 120 Å². The minimum atomic E-state index is -0.588. The van der Waals surface area contributed by atoms with Crippen LogP contribution in [0.5, 0.6) is 0 Å². The van der Waals surface area contributed by atoms with E-state index in [1.165, 1.54) is 7.05 Å². The normalized spacial score (nSPS) is 15.0. The van der Waals surface area contributed by atoms with E-state index in [2.05, 4.69) is 10.3 Å². The molecule has 0 bridgehead atoms. The molecular formula is C12H19N5O4. The Morgan fingerprint density at radius 3 is 2.71 bits per heavy atom. The number of morpholine rings is 1. The lowest BCUT2D eigenvalue weighted by Gasteiger charge is -2.26. The van der Waals surface area contributed by atoms with Gasteiger partial charge < -0.3 is 20.7 Å². The first kappa shape index (κ1) is 15.1. The van der Waals surface area contributed by atoms with Crippen LogP contribution in [-0.4, -0.2) is 53.2 Å². The number of nitrogens with zero attached hydrogens (tertiary/aromatic N) is 2. The fourth-order valence-electron chi connectivity index (χ4n) is 2.07. The number of ether oxygens (including phenoxy) is 1. The number of carbonyl (C=O) groups excluding carboxylic acids is 1. The van der Waals surface area contributed by atoms with Crippen molar-refractivity contribution in [2.75, 3.05) is 43.9 Å². The number of hydrogen-bond acceptors (Lipinski definition) is 6. The largest absolute Gasteiger partial charge is 0.383 e. The molecule has 1 aliphatic heterocycles. The van der Waals surface area contributed by atoms with E-state index in [1.54, 1.807) is 4.90 Å². The summed E-state index contributed by atoms with van der Waals surface area (Å²) in [6.45, 7) is 2.53. The lowest BCUT2D eigenvalue weighted by molar-refractivity contribution is -0.134. The SMILES string of the molecule is Cn1c(N)c(NCCC(=O)N2CCOCC2)c(=O)[nH]c1=O. The molecule has 4 N–H and O–H groups in total. The summed E-state index contributed by atoms with van der Waals surface area (Å²) in [5.74, 6) is 0.0354. The quantitative estimate of drug-likeness (QED) is 0.610. The van der Waals surface area contributed by atoms with Crippen LogP contribution in [0.15, 0.2) is 9.59 Å². The Morgan fingerprint density at radius 1 is 1.38 bits per heavy atom. The second-order valence-corrected chi connectivity index (χ2v) is 4.75. The number of amides is 1. The van der Waals surface area contributed by atoms with Crippen molar-refractivity contribution in [3.8, 4) is 0 Å². The van der Waals surface area contributed by atoms with Gasteiger partial charge in [-0.1, -0.05) is 0 Å². The Balaban J connectivity index is 1.95. The van der Waals surface area contributed by atoms with Gasteiger partial charge in [-0.3, -0.25) is 19.1 Å². The molecule has 0 aliphatic carbocycles. The maximum atomic E-state index is 11.9. The molecule has 1 aromatic rings. The summed E-state index contributed by atoms with van der Waals surface area (Å²) < 4.78 is 6.31. The molecule has 116 valence electrons. The van der Waals surface area contributed by atoms with Gasteiger partial charge in [-0.05, 0) is 0 Å². The number of hydrogen-bond donors (Lipinski definition) is 3. The molecule has 0 saturated carbocycles. The van der Waals surface area contributed by atoms with Gasteiger partial charge in [0.2, 0.25) is 5.91 Å². The van der Waals surface area contributed by atoms with Gasteiger partial charge >= 0.3 is 5.69 Å². The van der Waals surface area contributed by atoms with Crippen LogP contribution < -0.4 is 22.3 Å². The van der Waals surface area contributed by atoms with Crippen LogP contribution in [0.1, 0.15) is 6.42 Å². The zero-order valence-electron chi connectivity index (χ0n) is 11.8. The molecule has 9 heteroatoms. The molecular weight excluding hydrogens is 278 g/mol. The summed E-state index contributed by atoms with van der Waals surface area (Å²) in [7, 11) is 1.46. The van der Waals surface area contributed by atoms with Crippen molar-refractivity contribution in [1.29, 1.82) is 0 Å². The minimum absolute atomic E-state index is 0.00869.